The van der Waals surface area contributed by atoms with Crippen molar-refractivity contribution in [2.75, 3.05) is 25.0 Å². The fraction of sp³-hybridized carbons (Fsp3) is 0.533. The van der Waals surface area contributed by atoms with E-state index in [0.29, 0.717) is 43.1 Å². The average molecular weight is 561 g/mol. The lowest BCUT2D eigenvalue weighted by Crippen LogP contribution is -2.51. The fourth-order valence-corrected chi connectivity index (χ4v) is 6.33. The Morgan fingerprint density at radius 3 is 2.58 bits per heavy atom. The van der Waals surface area contributed by atoms with Crippen molar-refractivity contribution < 1.29 is 27.5 Å². The third-order valence-corrected chi connectivity index (χ3v) is 8.60. The molecule has 2 fully saturated rings. The lowest BCUT2D eigenvalue weighted by atomic mass is 9.80. The van der Waals surface area contributed by atoms with Crippen molar-refractivity contribution >= 4 is 11.7 Å². The van der Waals surface area contributed by atoms with E-state index < -0.39 is 23.6 Å². The van der Waals surface area contributed by atoms with E-state index in [-0.39, 0.29) is 35.8 Å². The summed E-state index contributed by atoms with van der Waals surface area (Å²) in [6.45, 7) is 6.65. The standard InChI is InChI=1S/C30H36F4N4O2/c1-19(2)37(20(3)18-39)11-12-38(28(40)36-24-7-8-27(31)26(15-24)30(32,33)34)25-9-10-29(16-23(29)14-25)22-6-4-5-21(13-22)17-35/h4-8,13,15,19-20,23,25,39H,9-12,14,16,18H2,1-3H3,(H,36,40)/t20-,23?,25-,29+/m0/s1. The van der Waals surface area contributed by atoms with Gasteiger partial charge in [0.05, 0.1) is 23.8 Å². The number of urea groups is 1. The lowest BCUT2D eigenvalue weighted by molar-refractivity contribution is -0.139. The number of aliphatic hydroxyl groups excluding tert-OH is 1. The molecule has 40 heavy (non-hydrogen) atoms. The number of aliphatic hydroxyl groups is 1. The summed E-state index contributed by atoms with van der Waals surface area (Å²) in [5.74, 6) is -1.07. The number of alkyl halides is 3. The van der Waals surface area contributed by atoms with Crippen LogP contribution < -0.4 is 5.32 Å². The molecule has 10 heteroatoms. The molecule has 1 unspecified atom stereocenters. The number of hydrogen-bond acceptors (Lipinski definition) is 4. The maximum Gasteiger partial charge on any atom is 0.419 e. The molecule has 2 aliphatic rings. The maximum atomic E-state index is 13.8. The Balaban J connectivity index is 1.54. The molecule has 2 aromatic rings. The summed E-state index contributed by atoms with van der Waals surface area (Å²) in [7, 11) is 0. The molecule has 2 N–H and O–H groups in total. The first-order valence-corrected chi connectivity index (χ1v) is 13.7. The molecule has 0 radical (unpaired) electrons. The van der Waals surface area contributed by atoms with Crippen LogP contribution in [0, 0.1) is 23.1 Å². The molecular formula is C30H36F4N4O2. The highest BCUT2D eigenvalue weighted by molar-refractivity contribution is 5.89. The minimum absolute atomic E-state index is 0.0144. The van der Waals surface area contributed by atoms with Crippen LogP contribution >= 0.6 is 0 Å². The number of carbonyl (C=O) groups excluding carboxylic acids is 1. The van der Waals surface area contributed by atoms with Crippen molar-refractivity contribution in [2.45, 2.75) is 76.2 Å². The zero-order valence-corrected chi connectivity index (χ0v) is 23.0. The van der Waals surface area contributed by atoms with Crippen molar-refractivity contribution in [1.29, 1.82) is 5.26 Å². The molecule has 2 aliphatic carbocycles. The molecule has 0 aromatic heterocycles. The quantitative estimate of drug-likeness (QED) is 0.361. The molecule has 0 saturated heterocycles. The van der Waals surface area contributed by atoms with Crippen LogP contribution in [0.15, 0.2) is 42.5 Å². The number of fused-ring (bicyclic) bond motifs is 1. The van der Waals surface area contributed by atoms with Gasteiger partial charge in [-0.3, -0.25) is 4.90 Å². The van der Waals surface area contributed by atoms with E-state index in [9.17, 15) is 32.7 Å². The number of anilines is 1. The zero-order valence-electron chi connectivity index (χ0n) is 23.0. The summed E-state index contributed by atoms with van der Waals surface area (Å²) in [5.41, 5.74) is 0.182. The topological polar surface area (TPSA) is 79.6 Å². The Morgan fingerprint density at radius 1 is 1.20 bits per heavy atom. The van der Waals surface area contributed by atoms with Crippen molar-refractivity contribution in [3.8, 4) is 6.07 Å². The monoisotopic (exact) mass is 560 g/mol. The molecule has 0 spiro atoms. The van der Waals surface area contributed by atoms with Crippen LogP contribution in [0.4, 0.5) is 28.0 Å². The summed E-state index contributed by atoms with van der Waals surface area (Å²) < 4.78 is 53.7. The molecule has 0 aliphatic heterocycles. The summed E-state index contributed by atoms with van der Waals surface area (Å²) in [4.78, 5) is 17.3. The Bertz CT molecular complexity index is 1260. The number of amides is 2. The first-order valence-electron chi connectivity index (χ1n) is 13.7. The molecule has 6 nitrogen and oxygen atoms in total. The number of carbonyl (C=O) groups is 1. The Labute approximate surface area is 232 Å². The number of halogens is 4. The SMILES string of the molecule is CC(C)N(CCN(C(=O)Nc1ccc(F)c(C(F)(F)F)c1)[C@H]1CC[C@]2(c3cccc(C#N)c3)CC2C1)[C@@H](C)CO. The third kappa shape index (κ3) is 6.26. The van der Waals surface area contributed by atoms with Crippen molar-refractivity contribution in [2.24, 2.45) is 5.92 Å². The van der Waals surface area contributed by atoms with E-state index >= 15 is 0 Å². The minimum Gasteiger partial charge on any atom is -0.395 e. The molecule has 0 bridgehead atoms. The van der Waals surface area contributed by atoms with Gasteiger partial charge in [0.1, 0.15) is 5.82 Å². The molecule has 4 atom stereocenters. The fourth-order valence-electron chi connectivity index (χ4n) is 6.33. The lowest BCUT2D eigenvalue weighted by Gasteiger charge is -2.39. The van der Waals surface area contributed by atoms with Gasteiger partial charge in [-0.05, 0) is 93.7 Å². The Kier molecular flexibility index (Phi) is 8.76. The van der Waals surface area contributed by atoms with Crippen molar-refractivity contribution in [1.82, 2.24) is 9.80 Å². The van der Waals surface area contributed by atoms with Gasteiger partial charge in [-0.25, -0.2) is 9.18 Å². The number of nitriles is 1. The van der Waals surface area contributed by atoms with Crippen LogP contribution in [0.25, 0.3) is 0 Å². The summed E-state index contributed by atoms with van der Waals surface area (Å²) in [6, 6.07) is 11.6. The van der Waals surface area contributed by atoms with Crippen LogP contribution in [-0.4, -0.2) is 58.8 Å². The minimum atomic E-state index is -4.88. The van der Waals surface area contributed by atoms with E-state index in [1.807, 2.05) is 32.9 Å². The molecule has 2 amide bonds. The second kappa shape index (κ2) is 11.8. The highest BCUT2D eigenvalue weighted by atomic mass is 19.4. The van der Waals surface area contributed by atoms with Crippen LogP contribution in [0.1, 0.15) is 63.1 Å². The normalized spacial score (nSPS) is 22.9. The first-order chi connectivity index (χ1) is 18.9. The Morgan fingerprint density at radius 2 is 1.95 bits per heavy atom. The van der Waals surface area contributed by atoms with E-state index in [1.54, 1.807) is 11.0 Å². The summed E-state index contributed by atoms with van der Waals surface area (Å²) >= 11 is 0. The zero-order chi connectivity index (χ0) is 29.2. The van der Waals surface area contributed by atoms with Gasteiger partial charge in [-0.15, -0.1) is 0 Å². The number of hydrogen-bond donors (Lipinski definition) is 2. The molecule has 0 heterocycles. The molecule has 216 valence electrons. The van der Waals surface area contributed by atoms with Crippen molar-refractivity contribution in [3.63, 3.8) is 0 Å². The van der Waals surface area contributed by atoms with Gasteiger partial charge >= 0.3 is 12.2 Å². The largest absolute Gasteiger partial charge is 0.419 e. The van der Waals surface area contributed by atoms with E-state index in [1.165, 1.54) is 0 Å². The molecule has 2 aromatic carbocycles. The van der Waals surface area contributed by atoms with Gasteiger partial charge in [0.2, 0.25) is 0 Å². The van der Waals surface area contributed by atoms with Gasteiger partial charge in [0, 0.05) is 36.9 Å². The predicted molar refractivity (Wildman–Crippen MR) is 144 cm³/mol. The number of nitrogens with zero attached hydrogens (tertiary/aromatic N) is 3. The van der Waals surface area contributed by atoms with Crippen LogP contribution in [-0.2, 0) is 11.6 Å². The van der Waals surface area contributed by atoms with Gasteiger partial charge < -0.3 is 15.3 Å². The summed E-state index contributed by atoms with van der Waals surface area (Å²) in [6.07, 6.45) is -1.66. The summed E-state index contributed by atoms with van der Waals surface area (Å²) in [5, 5.41) is 21.6. The predicted octanol–water partition coefficient (Wildman–Crippen LogP) is 6.15. The van der Waals surface area contributed by atoms with Crippen LogP contribution in [0.5, 0.6) is 0 Å². The molecule has 4 rings (SSSR count). The van der Waals surface area contributed by atoms with Gasteiger partial charge in [0.25, 0.3) is 0 Å². The van der Waals surface area contributed by atoms with E-state index in [0.717, 1.165) is 30.9 Å². The van der Waals surface area contributed by atoms with Crippen molar-refractivity contribution in [3.05, 3.63) is 65.0 Å². The third-order valence-electron chi connectivity index (χ3n) is 8.60. The maximum absolute atomic E-state index is 13.8. The molecule has 2 saturated carbocycles. The van der Waals surface area contributed by atoms with E-state index in [2.05, 4.69) is 22.4 Å². The van der Waals surface area contributed by atoms with E-state index in [4.69, 9.17) is 0 Å². The highest BCUT2D eigenvalue weighted by Gasteiger charge is 2.58. The second-order valence-corrected chi connectivity index (χ2v) is 11.4. The average Bonchev–Trinajstić information content (AvgIpc) is 3.66. The van der Waals surface area contributed by atoms with Crippen LogP contribution in [0.3, 0.4) is 0 Å². The number of benzene rings is 2. The smallest absolute Gasteiger partial charge is 0.395 e. The number of rotatable bonds is 9. The van der Waals surface area contributed by atoms with Gasteiger partial charge in [0.15, 0.2) is 0 Å². The first kappa shape index (κ1) is 29.8. The molecular weight excluding hydrogens is 524 g/mol. The number of nitrogens with one attached hydrogen (secondary N) is 1. The van der Waals surface area contributed by atoms with Gasteiger partial charge in [-0.2, -0.15) is 18.4 Å². The second-order valence-electron chi connectivity index (χ2n) is 11.4. The van der Waals surface area contributed by atoms with Crippen LogP contribution in [0.2, 0.25) is 0 Å². The Hall–Kier alpha value is -3.16. The van der Waals surface area contributed by atoms with Gasteiger partial charge in [-0.1, -0.05) is 12.1 Å². The highest BCUT2D eigenvalue weighted by Crippen LogP contribution is 2.62.